The monoisotopic (exact) mass is 321 g/mol. The van der Waals surface area contributed by atoms with Gasteiger partial charge in [0.1, 0.15) is 12.6 Å². The van der Waals surface area contributed by atoms with Crippen LogP contribution in [0, 0.1) is 0 Å². The maximum atomic E-state index is 12.8. The normalized spacial score (nSPS) is 17.1. The van der Waals surface area contributed by atoms with Crippen LogP contribution in [-0.2, 0) is 14.4 Å². The molecule has 0 saturated carbocycles. The standard InChI is InChI=1S/C15H19N3O5/c1-9(19)17-6-2-3-11(17)15(23)18(8-14(16)22)10-4-5-12(20)13(21)7-10/h4-5,7,11,20-21H,2-3,6,8H2,1H3,(H2,16,22)/t11-/m0/s1. The summed E-state index contributed by atoms with van der Waals surface area (Å²) >= 11 is 0. The number of benzene rings is 1. The number of nitrogens with two attached hydrogens (primary N) is 1. The second kappa shape index (κ2) is 6.55. The Labute approximate surface area is 133 Å². The zero-order valence-electron chi connectivity index (χ0n) is 12.7. The molecule has 8 nitrogen and oxygen atoms in total. The van der Waals surface area contributed by atoms with Crippen LogP contribution < -0.4 is 10.6 Å². The van der Waals surface area contributed by atoms with E-state index in [9.17, 15) is 24.6 Å². The fourth-order valence-electron chi connectivity index (χ4n) is 2.71. The van der Waals surface area contributed by atoms with Crippen molar-refractivity contribution in [2.45, 2.75) is 25.8 Å². The molecule has 4 N–H and O–H groups in total. The Kier molecular flexibility index (Phi) is 4.73. The van der Waals surface area contributed by atoms with Crippen LogP contribution in [0.25, 0.3) is 0 Å². The highest BCUT2D eigenvalue weighted by atomic mass is 16.3. The van der Waals surface area contributed by atoms with E-state index >= 15 is 0 Å². The van der Waals surface area contributed by atoms with Gasteiger partial charge in [-0.1, -0.05) is 0 Å². The highest BCUT2D eigenvalue weighted by Crippen LogP contribution is 2.31. The summed E-state index contributed by atoms with van der Waals surface area (Å²) in [4.78, 5) is 38.3. The number of nitrogens with zero attached hydrogens (tertiary/aromatic N) is 2. The lowest BCUT2D eigenvalue weighted by Crippen LogP contribution is -2.49. The number of phenols is 2. The number of aromatic hydroxyl groups is 2. The number of carbonyl (C=O) groups excluding carboxylic acids is 3. The van der Waals surface area contributed by atoms with Gasteiger partial charge in [-0.25, -0.2) is 0 Å². The third kappa shape index (κ3) is 3.53. The number of amides is 3. The van der Waals surface area contributed by atoms with Crippen LogP contribution in [0.3, 0.4) is 0 Å². The lowest BCUT2D eigenvalue weighted by molar-refractivity contribution is -0.135. The van der Waals surface area contributed by atoms with Crippen molar-refractivity contribution in [2.24, 2.45) is 5.73 Å². The SMILES string of the molecule is CC(=O)N1CCC[C@H]1C(=O)N(CC(N)=O)c1ccc(O)c(O)c1. The second-order valence-corrected chi connectivity index (χ2v) is 5.43. The van der Waals surface area contributed by atoms with Gasteiger partial charge in [-0.2, -0.15) is 0 Å². The topological polar surface area (TPSA) is 124 Å². The average Bonchev–Trinajstić information content (AvgIpc) is 2.96. The highest BCUT2D eigenvalue weighted by molar-refractivity contribution is 6.03. The molecule has 0 aliphatic carbocycles. The van der Waals surface area contributed by atoms with E-state index in [-0.39, 0.29) is 23.9 Å². The number of carbonyl (C=O) groups is 3. The summed E-state index contributed by atoms with van der Waals surface area (Å²) in [5.74, 6) is -2.14. The third-order valence-electron chi connectivity index (χ3n) is 3.79. The molecule has 0 aromatic heterocycles. The van der Waals surface area contributed by atoms with E-state index in [4.69, 9.17) is 5.73 Å². The molecular formula is C15H19N3O5. The molecule has 8 heteroatoms. The fourth-order valence-corrected chi connectivity index (χ4v) is 2.71. The Morgan fingerprint density at radius 1 is 1.30 bits per heavy atom. The first-order chi connectivity index (χ1) is 10.8. The van der Waals surface area contributed by atoms with E-state index in [1.165, 1.54) is 30.0 Å². The molecule has 1 aromatic rings. The van der Waals surface area contributed by atoms with E-state index in [1.807, 2.05) is 0 Å². The Hall–Kier alpha value is -2.77. The zero-order chi connectivity index (χ0) is 17.1. The van der Waals surface area contributed by atoms with Crippen LogP contribution in [0.15, 0.2) is 18.2 Å². The number of hydrogen-bond donors (Lipinski definition) is 3. The van der Waals surface area contributed by atoms with Gasteiger partial charge in [-0.15, -0.1) is 0 Å². The summed E-state index contributed by atoms with van der Waals surface area (Å²) in [5, 5.41) is 19.0. The fraction of sp³-hybridized carbons (Fsp3) is 0.400. The van der Waals surface area contributed by atoms with Gasteiger partial charge in [-0.3, -0.25) is 14.4 Å². The number of phenolic OH excluding ortho intramolecular Hbond substituents is 2. The summed E-state index contributed by atoms with van der Waals surface area (Å²) in [6.45, 7) is 1.48. The molecule has 1 saturated heterocycles. The Balaban J connectivity index is 2.34. The summed E-state index contributed by atoms with van der Waals surface area (Å²) in [7, 11) is 0. The van der Waals surface area contributed by atoms with Crippen LogP contribution in [-0.4, -0.2) is 52.0 Å². The van der Waals surface area contributed by atoms with Crippen molar-refractivity contribution in [2.75, 3.05) is 18.0 Å². The number of anilines is 1. The summed E-state index contributed by atoms with van der Waals surface area (Å²) in [6.07, 6.45) is 1.19. The molecule has 2 rings (SSSR count). The summed E-state index contributed by atoms with van der Waals surface area (Å²) in [6, 6.07) is 3.11. The smallest absolute Gasteiger partial charge is 0.250 e. The number of rotatable bonds is 4. The van der Waals surface area contributed by atoms with Gasteiger partial charge in [-0.05, 0) is 25.0 Å². The van der Waals surface area contributed by atoms with Gasteiger partial charge in [0.05, 0.1) is 0 Å². The van der Waals surface area contributed by atoms with E-state index < -0.39 is 23.6 Å². The van der Waals surface area contributed by atoms with E-state index in [0.29, 0.717) is 19.4 Å². The minimum absolute atomic E-state index is 0.214. The molecular weight excluding hydrogens is 302 g/mol. The van der Waals surface area contributed by atoms with Crippen molar-refractivity contribution in [3.05, 3.63) is 18.2 Å². The largest absolute Gasteiger partial charge is 0.504 e. The average molecular weight is 321 g/mol. The number of likely N-dealkylation sites (tertiary alicyclic amines) is 1. The maximum Gasteiger partial charge on any atom is 0.250 e. The molecule has 0 unspecified atom stereocenters. The van der Waals surface area contributed by atoms with E-state index in [0.717, 1.165) is 4.90 Å². The number of primary amides is 1. The molecule has 3 amide bonds. The van der Waals surface area contributed by atoms with Crippen molar-refractivity contribution in [3.63, 3.8) is 0 Å². The second-order valence-electron chi connectivity index (χ2n) is 5.43. The van der Waals surface area contributed by atoms with Crippen molar-refractivity contribution in [3.8, 4) is 11.5 Å². The molecule has 23 heavy (non-hydrogen) atoms. The molecule has 0 radical (unpaired) electrons. The molecule has 1 heterocycles. The molecule has 0 spiro atoms. The molecule has 1 aliphatic rings. The van der Waals surface area contributed by atoms with Gasteiger partial charge in [0.2, 0.25) is 17.7 Å². The first kappa shape index (κ1) is 16.6. The first-order valence-corrected chi connectivity index (χ1v) is 7.20. The molecule has 1 atom stereocenters. The predicted molar refractivity (Wildman–Crippen MR) is 81.7 cm³/mol. The highest BCUT2D eigenvalue weighted by Gasteiger charge is 2.36. The summed E-state index contributed by atoms with van der Waals surface area (Å²) < 4.78 is 0. The van der Waals surface area contributed by atoms with E-state index in [2.05, 4.69) is 0 Å². The molecule has 1 fully saturated rings. The Morgan fingerprint density at radius 3 is 2.57 bits per heavy atom. The van der Waals surface area contributed by atoms with Gasteiger partial charge in [0.15, 0.2) is 11.5 Å². The molecule has 0 bridgehead atoms. The van der Waals surface area contributed by atoms with Crippen LogP contribution in [0.4, 0.5) is 5.69 Å². The van der Waals surface area contributed by atoms with Gasteiger partial charge in [0.25, 0.3) is 0 Å². The van der Waals surface area contributed by atoms with Crippen LogP contribution in [0.2, 0.25) is 0 Å². The molecule has 1 aromatic carbocycles. The predicted octanol–water partition coefficient (Wildman–Crippen LogP) is -0.0730. The number of hydrogen-bond acceptors (Lipinski definition) is 5. The van der Waals surface area contributed by atoms with Gasteiger partial charge < -0.3 is 25.7 Å². The maximum absolute atomic E-state index is 12.8. The zero-order valence-corrected chi connectivity index (χ0v) is 12.7. The van der Waals surface area contributed by atoms with Crippen molar-refractivity contribution >= 4 is 23.4 Å². The minimum Gasteiger partial charge on any atom is -0.504 e. The minimum atomic E-state index is -0.724. The lowest BCUT2D eigenvalue weighted by atomic mass is 10.1. The van der Waals surface area contributed by atoms with Crippen molar-refractivity contribution in [1.82, 2.24) is 4.90 Å². The van der Waals surface area contributed by atoms with Crippen molar-refractivity contribution < 1.29 is 24.6 Å². The Morgan fingerprint density at radius 2 is 2.00 bits per heavy atom. The van der Waals surface area contributed by atoms with Gasteiger partial charge >= 0.3 is 0 Å². The van der Waals surface area contributed by atoms with Crippen LogP contribution in [0.1, 0.15) is 19.8 Å². The van der Waals surface area contributed by atoms with Crippen LogP contribution in [0.5, 0.6) is 11.5 Å². The Bertz CT molecular complexity index is 646. The van der Waals surface area contributed by atoms with Crippen molar-refractivity contribution in [1.29, 1.82) is 0 Å². The molecule has 1 aliphatic heterocycles. The van der Waals surface area contributed by atoms with E-state index in [1.54, 1.807) is 0 Å². The quantitative estimate of drug-likeness (QED) is 0.669. The first-order valence-electron chi connectivity index (χ1n) is 7.20. The van der Waals surface area contributed by atoms with Crippen LogP contribution >= 0.6 is 0 Å². The third-order valence-corrected chi connectivity index (χ3v) is 3.79. The summed E-state index contributed by atoms with van der Waals surface area (Å²) in [5.41, 5.74) is 5.43. The molecule has 124 valence electrons. The van der Waals surface area contributed by atoms with Gasteiger partial charge in [0, 0.05) is 25.2 Å². The lowest BCUT2D eigenvalue weighted by Gasteiger charge is -2.29.